The van der Waals surface area contributed by atoms with Crippen LogP contribution in [-0.4, -0.2) is 38.8 Å². The number of aryl methyl sites for hydroxylation is 4. The van der Waals surface area contributed by atoms with Gasteiger partial charge in [-0.2, -0.15) is 4.31 Å². The number of nitrogens with one attached hydrogen (secondary N) is 1. The van der Waals surface area contributed by atoms with Crippen molar-refractivity contribution in [1.82, 2.24) is 9.62 Å². The van der Waals surface area contributed by atoms with Crippen LogP contribution in [0.25, 0.3) is 0 Å². The lowest BCUT2D eigenvalue weighted by Gasteiger charge is -2.24. The molecule has 0 fully saturated rings. The summed E-state index contributed by atoms with van der Waals surface area (Å²) in [4.78, 5) is 13.3. The van der Waals surface area contributed by atoms with Crippen LogP contribution in [0, 0.1) is 27.7 Å². The van der Waals surface area contributed by atoms with Crippen LogP contribution in [-0.2, 0) is 21.2 Å². The first-order valence-electron chi connectivity index (χ1n) is 12.1. The fourth-order valence-electron chi connectivity index (χ4n) is 4.32. The molecular formula is C29H36N2O4S. The molecule has 1 N–H and O–H groups in total. The molecule has 0 aliphatic heterocycles. The second kappa shape index (κ2) is 11.7. The third-order valence-electron chi connectivity index (χ3n) is 6.54. The number of carbonyl (C=O) groups excluding carboxylic acids is 1. The molecule has 0 saturated heterocycles. The smallest absolute Gasteiger partial charge is 0.243 e. The summed E-state index contributed by atoms with van der Waals surface area (Å²) >= 11 is 0. The van der Waals surface area contributed by atoms with E-state index in [2.05, 4.69) is 24.4 Å². The first-order valence-corrected chi connectivity index (χ1v) is 13.5. The third-order valence-corrected chi connectivity index (χ3v) is 8.38. The quantitative estimate of drug-likeness (QED) is 0.416. The average Bonchev–Trinajstić information content (AvgIpc) is 2.84. The summed E-state index contributed by atoms with van der Waals surface area (Å²) in [5, 5.41) is 3.00. The highest BCUT2D eigenvalue weighted by molar-refractivity contribution is 7.89. The molecular weight excluding hydrogens is 472 g/mol. The summed E-state index contributed by atoms with van der Waals surface area (Å²) in [6, 6.07) is 18.3. The lowest BCUT2D eigenvalue weighted by Crippen LogP contribution is -2.42. The van der Waals surface area contributed by atoms with Gasteiger partial charge in [-0.15, -0.1) is 0 Å². The number of methoxy groups -OCH3 is 1. The van der Waals surface area contributed by atoms with Gasteiger partial charge in [0.25, 0.3) is 0 Å². The largest absolute Gasteiger partial charge is 0.496 e. The molecule has 1 atom stereocenters. The maximum atomic E-state index is 13.6. The average molecular weight is 509 g/mol. The van der Waals surface area contributed by atoms with E-state index in [1.165, 1.54) is 15.9 Å². The highest BCUT2D eigenvalue weighted by atomic mass is 32.2. The summed E-state index contributed by atoms with van der Waals surface area (Å²) in [6.45, 7) is 9.76. The molecule has 0 aromatic heterocycles. The molecule has 3 aromatic carbocycles. The molecule has 0 aliphatic rings. The number of rotatable bonds is 10. The minimum absolute atomic E-state index is 0.139. The molecule has 192 valence electrons. The van der Waals surface area contributed by atoms with Crippen LogP contribution in [0.3, 0.4) is 0 Å². The highest BCUT2D eigenvalue weighted by Crippen LogP contribution is 2.25. The summed E-state index contributed by atoms with van der Waals surface area (Å²) in [6.07, 6.45) is 0.494. The number of carbonyl (C=O) groups is 1. The van der Waals surface area contributed by atoms with Gasteiger partial charge in [-0.25, -0.2) is 8.42 Å². The summed E-state index contributed by atoms with van der Waals surface area (Å²) in [5.74, 6) is 0.266. The van der Waals surface area contributed by atoms with Crippen LogP contribution in [0.4, 0.5) is 0 Å². The van der Waals surface area contributed by atoms with Gasteiger partial charge in [0.05, 0.1) is 24.6 Å². The molecule has 0 bridgehead atoms. The van der Waals surface area contributed by atoms with Crippen LogP contribution in [0.1, 0.15) is 46.3 Å². The zero-order valence-corrected chi connectivity index (χ0v) is 22.8. The van der Waals surface area contributed by atoms with Gasteiger partial charge in [0.1, 0.15) is 5.75 Å². The Labute approximate surface area is 215 Å². The predicted octanol–water partition coefficient (Wildman–Crippen LogP) is 5.04. The summed E-state index contributed by atoms with van der Waals surface area (Å²) in [5.41, 5.74) is 6.18. The fourth-order valence-corrected chi connectivity index (χ4v) is 5.80. The maximum absolute atomic E-state index is 13.6. The Morgan fingerprint density at radius 2 is 1.58 bits per heavy atom. The molecule has 0 spiro atoms. The topological polar surface area (TPSA) is 75.7 Å². The Hall–Kier alpha value is -3.16. The minimum Gasteiger partial charge on any atom is -0.496 e. The SMILES string of the molecule is COc1ccc(S(=O)(=O)N(CCc2ccccc2)CC(=O)N[C@@H](C)c2cc(C)c(C)cc2C)cc1C. The van der Waals surface area contributed by atoms with Gasteiger partial charge in [0.2, 0.25) is 15.9 Å². The van der Waals surface area contributed by atoms with Crippen molar-refractivity contribution in [2.75, 3.05) is 20.2 Å². The lowest BCUT2D eigenvalue weighted by molar-refractivity contribution is -0.121. The van der Waals surface area contributed by atoms with E-state index in [-0.39, 0.29) is 29.9 Å². The van der Waals surface area contributed by atoms with Gasteiger partial charge in [-0.05, 0) is 92.6 Å². The van der Waals surface area contributed by atoms with E-state index in [9.17, 15) is 13.2 Å². The standard InChI is InChI=1S/C29H36N2O4S/c1-20-16-22(3)27(18-21(20)2)24(5)30-29(32)19-31(15-14-25-10-8-7-9-11-25)36(33,34)26-12-13-28(35-6)23(4)17-26/h7-13,16-18,24H,14-15,19H2,1-6H3,(H,30,32)/t24-/m0/s1. The monoisotopic (exact) mass is 508 g/mol. The molecule has 6 nitrogen and oxygen atoms in total. The first-order chi connectivity index (χ1) is 17.0. The summed E-state index contributed by atoms with van der Waals surface area (Å²) in [7, 11) is -2.37. The predicted molar refractivity (Wildman–Crippen MR) is 144 cm³/mol. The molecule has 3 rings (SSSR count). The molecule has 7 heteroatoms. The Morgan fingerprint density at radius 3 is 2.22 bits per heavy atom. The van der Waals surface area contributed by atoms with E-state index in [0.29, 0.717) is 17.7 Å². The van der Waals surface area contributed by atoms with Gasteiger partial charge in [-0.3, -0.25) is 4.79 Å². The molecule has 1 amide bonds. The third kappa shape index (κ3) is 6.53. The molecule has 0 heterocycles. The molecule has 3 aromatic rings. The van der Waals surface area contributed by atoms with Crippen molar-refractivity contribution >= 4 is 15.9 Å². The normalized spacial score (nSPS) is 12.4. The second-order valence-corrected chi connectivity index (χ2v) is 11.2. The molecule has 0 aliphatic carbocycles. The van der Waals surface area contributed by atoms with Crippen molar-refractivity contribution in [1.29, 1.82) is 0 Å². The number of hydrogen-bond acceptors (Lipinski definition) is 4. The fraction of sp³-hybridized carbons (Fsp3) is 0.345. The van der Waals surface area contributed by atoms with E-state index >= 15 is 0 Å². The second-order valence-electron chi connectivity index (χ2n) is 9.29. The van der Waals surface area contributed by atoms with Gasteiger partial charge >= 0.3 is 0 Å². The van der Waals surface area contributed by atoms with Crippen LogP contribution in [0.5, 0.6) is 5.75 Å². The maximum Gasteiger partial charge on any atom is 0.243 e. The van der Waals surface area contributed by atoms with Gasteiger partial charge in [0.15, 0.2) is 0 Å². The van der Waals surface area contributed by atoms with Crippen molar-refractivity contribution in [3.63, 3.8) is 0 Å². The zero-order valence-electron chi connectivity index (χ0n) is 22.0. The van der Waals surface area contributed by atoms with Crippen molar-refractivity contribution in [3.8, 4) is 5.75 Å². The highest BCUT2D eigenvalue weighted by Gasteiger charge is 2.28. The van der Waals surface area contributed by atoms with Gasteiger partial charge < -0.3 is 10.1 Å². The van der Waals surface area contributed by atoms with E-state index in [0.717, 1.165) is 22.3 Å². The van der Waals surface area contributed by atoms with Crippen LogP contribution in [0.15, 0.2) is 65.6 Å². The molecule has 0 saturated carbocycles. The Bertz CT molecular complexity index is 1320. The first kappa shape index (κ1) is 27.4. The molecule has 36 heavy (non-hydrogen) atoms. The van der Waals surface area contributed by atoms with E-state index in [1.54, 1.807) is 26.2 Å². The van der Waals surface area contributed by atoms with Crippen LogP contribution >= 0.6 is 0 Å². The molecule has 0 radical (unpaired) electrons. The van der Waals surface area contributed by atoms with Crippen LogP contribution in [0.2, 0.25) is 0 Å². The van der Waals surface area contributed by atoms with E-state index < -0.39 is 10.0 Å². The number of nitrogens with zero attached hydrogens (tertiary/aromatic N) is 1. The number of amides is 1. The summed E-state index contributed by atoms with van der Waals surface area (Å²) < 4.78 is 33.8. The Morgan fingerprint density at radius 1 is 0.917 bits per heavy atom. The number of hydrogen-bond donors (Lipinski definition) is 1. The van der Waals surface area contributed by atoms with Gasteiger partial charge in [-0.1, -0.05) is 42.5 Å². The van der Waals surface area contributed by atoms with Crippen molar-refractivity contribution in [2.45, 2.75) is 52.0 Å². The van der Waals surface area contributed by atoms with E-state index in [4.69, 9.17) is 4.74 Å². The number of ether oxygens (including phenoxy) is 1. The van der Waals surface area contributed by atoms with Crippen molar-refractivity contribution in [3.05, 3.63) is 94.0 Å². The van der Waals surface area contributed by atoms with Crippen LogP contribution < -0.4 is 10.1 Å². The van der Waals surface area contributed by atoms with Gasteiger partial charge in [0, 0.05) is 6.54 Å². The lowest BCUT2D eigenvalue weighted by atomic mass is 9.96. The van der Waals surface area contributed by atoms with Crippen molar-refractivity contribution in [2.24, 2.45) is 0 Å². The Balaban J connectivity index is 1.84. The Kier molecular flexibility index (Phi) is 8.93. The minimum atomic E-state index is -3.92. The molecule has 0 unspecified atom stereocenters. The van der Waals surface area contributed by atoms with Crippen molar-refractivity contribution < 1.29 is 17.9 Å². The number of sulfonamides is 1. The van der Waals surface area contributed by atoms with E-state index in [1.807, 2.05) is 51.1 Å². The zero-order chi connectivity index (χ0) is 26.5. The number of benzene rings is 3.